The molecule has 0 saturated carbocycles. The fourth-order valence-electron chi connectivity index (χ4n) is 2.31. The number of carbonyl (C=O) groups is 1. The molecule has 2 heterocycles. The fourth-order valence-corrected chi connectivity index (χ4v) is 2.95. The van der Waals surface area contributed by atoms with E-state index in [-0.39, 0.29) is 5.78 Å². The lowest BCUT2D eigenvalue weighted by Crippen LogP contribution is -1.93. The minimum absolute atomic E-state index is 0.0214. The smallest absolute Gasteiger partial charge is 0.195 e. The van der Waals surface area contributed by atoms with Gasteiger partial charge in [0.25, 0.3) is 0 Å². The molecule has 0 aliphatic carbocycles. The second-order valence-electron chi connectivity index (χ2n) is 4.74. The Morgan fingerprint density at radius 2 is 1.86 bits per heavy atom. The third-order valence-electron chi connectivity index (χ3n) is 3.37. The predicted octanol–water partition coefficient (Wildman–Crippen LogP) is 5.21. The SMILES string of the molecule is C=Cn1c(C=CC(=O)c2cccs2)ccc1-c1ccccc1. The molecule has 0 spiro atoms. The first-order valence-electron chi connectivity index (χ1n) is 6.95. The van der Waals surface area contributed by atoms with Gasteiger partial charge in [0.05, 0.1) is 10.6 Å². The van der Waals surface area contributed by atoms with Crippen LogP contribution in [0.1, 0.15) is 15.4 Å². The lowest BCUT2D eigenvalue weighted by Gasteiger charge is -2.06. The average molecular weight is 305 g/mol. The molecule has 0 atom stereocenters. The number of ketones is 1. The van der Waals surface area contributed by atoms with E-state index in [1.807, 2.05) is 58.5 Å². The standard InChI is InChI=1S/C19H15NOS/c1-2-20-16(11-13-18(21)19-9-6-14-22-19)10-12-17(20)15-7-4-3-5-8-15/h2-14H,1H2. The number of benzene rings is 1. The topological polar surface area (TPSA) is 22.0 Å². The summed E-state index contributed by atoms with van der Waals surface area (Å²) in [6.45, 7) is 3.87. The van der Waals surface area contributed by atoms with Gasteiger partial charge in [-0.25, -0.2) is 0 Å². The van der Waals surface area contributed by atoms with Gasteiger partial charge in [-0.1, -0.05) is 43.0 Å². The first-order chi connectivity index (χ1) is 10.8. The summed E-state index contributed by atoms with van der Waals surface area (Å²) in [6, 6.07) is 17.8. The van der Waals surface area contributed by atoms with Gasteiger partial charge in [0, 0.05) is 11.9 Å². The Morgan fingerprint density at radius 3 is 2.55 bits per heavy atom. The lowest BCUT2D eigenvalue weighted by atomic mass is 10.1. The number of carbonyl (C=O) groups excluding carboxylic acids is 1. The van der Waals surface area contributed by atoms with Crippen molar-refractivity contribution in [1.29, 1.82) is 0 Å². The number of hydrogen-bond donors (Lipinski definition) is 0. The van der Waals surface area contributed by atoms with Gasteiger partial charge in [0.2, 0.25) is 0 Å². The van der Waals surface area contributed by atoms with Crippen LogP contribution in [0.5, 0.6) is 0 Å². The molecule has 2 aromatic heterocycles. The summed E-state index contributed by atoms with van der Waals surface area (Å²) >= 11 is 1.45. The molecule has 0 fully saturated rings. The fraction of sp³-hybridized carbons (Fsp3) is 0. The van der Waals surface area contributed by atoms with E-state index in [4.69, 9.17) is 0 Å². The third-order valence-corrected chi connectivity index (χ3v) is 4.26. The highest BCUT2D eigenvalue weighted by molar-refractivity contribution is 7.12. The van der Waals surface area contributed by atoms with Gasteiger partial charge in [0.1, 0.15) is 0 Å². The van der Waals surface area contributed by atoms with Crippen molar-refractivity contribution >= 4 is 29.4 Å². The number of hydrogen-bond acceptors (Lipinski definition) is 2. The molecule has 1 aromatic carbocycles. The summed E-state index contributed by atoms with van der Waals surface area (Å²) in [6.07, 6.45) is 5.20. The maximum atomic E-state index is 12.0. The molecule has 3 heteroatoms. The monoisotopic (exact) mass is 305 g/mol. The van der Waals surface area contributed by atoms with Crippen molar-refractivity contribution in [3.63, 3.8) is 0 Å². The summed E-state index contributed by atoms with van der Waals surface area (Å²) < 4.78 is 1.98. The first-order valence-corrected chi connectivity index (χ1v) is 7.82. The van der Waals surface area contributed by atoms with Crippen LogP contribution < -0.4 is 0 Å². The van der Waals surface area contributed by atoms with E-state index < -0.39 is 0 Å². The van der Waals surface area contributed by atoms with Crippen molar-refractivity contribution in [2.45, 2.75) is 0 Å². The van der Waals surface area contributed by atoms with Crippen LogP contribution in [0.3, 0.4) is 0 Å². The van der Waals surface area contributed by atoms with Crippen LogP contribution in [0.4, 0.5) is 0 Å². The van der Waals surface area contributed by atoms with E-state index in [2.05, 4.69) is 18.7 Å². The van der Waals surface area contributed by atoms with Crippen molar-refractivity contribution in [2.75, 3.05) is 0 Å². The van der Waals surface area contributed by atoms with E-state index in [9.17, 15) is 4.79 Å². The second-order valence-corrected chi connectivity index (χ2v) is 5.68. The molecular formula is C19H15NOS. The van der Waals surface area contributed by atoms with Crippen LogP contribution in [0, 0.1) is 0 Å². The van der Waals surface area contributed by atoms with Crippen LogP contribution >= 0.6 is 11.3 Å². The maximum absolute atomic E-state index is 12.0. The Hall–Kier alpha value is -2.65. The number of allylic oxidation sites excluding steroid dienone is 1. The largest absolute Gasteiger partial charge is 0.317 e. The number of rotatable bonds is 5. The highest BCUT2D eigenvalue weighted by Crippen LogP contribution is 2.23. The predicted molar refractivity (Wildman–Crippen MR) is 93.9 cm³/mol. The van der Waals surface area contributed by atoms with Gasteiger partial charge in [-0.15, -0.1) is 11.3 Å². The quantitative estimate of drug-likeness (QED) is 0.468. The summed E-state index contributed by atoms with van der Waals surface area (Å²) in [5.74, 6) is 0.0214. The zero-order valence-electron chi connectivity index (χ0n) is 12.0. The molecule has 3 rings (SSSR count). The molecule has 2 nitrogen and oxygen atoms in total. The zero-order valence-corrected chi connectivity index (χ0v) is 12.8. The molecule has 22 heavy (non-hydrogen) atoms. The maximum Gasteiger partial charge on any atom is 0.195 e. The number of aromatic nitrogens is 1. The van der Waals surface area contributed by atoms with Gasteiger partial charge in [-0.3, -0.25) is 4.79 Å². The van der Waals surface area contributed by atoms with Crippen LogP contribution in [0.25, 0.3) is 23.5 Å². The summed E-state index contributed by atoms with van der Waals surface area (Å²) in [7, 11) is 0. The molecule has 0 N–H and O–H groups in total. The molecule has 0 amide bonds. The first kappa shape index (κ1) is 14.3. The van der Waals surface area contributed by atoms with Gasteiger partial charge in [-0.2, -0.15) is 0 Å². The normalized spacial score (nSPS) is 10.9. The highest BCUT2D eigenvalue weighted by Gasteiger charge is 2.07. The van der Waals surface area contributed by atoms with E-state index in [1.165, 1.54) is 11.3 Å². The summed E-state index contributed by atoms with van der Waals surface area (Å²) in [5, 5.41) is 1.90. The number of nitrogens with zero attached hydrogens (tertiary/aromatic N) is 1. The van der Waals surface area contributed by atoms with Crippen LogP contribution in [0.15, 0.2) is 72.6 Å². The summed E-state index contributed by atoms with van der Waals surface area (Å²) in [5.41, 5.74) is 3.10. The lowest BCUT2D eigenvalue weighted by molar-refractivity contribution is 0.105. The Kier molecular flexibility index (Phi) is 4.17. The van der Waals surface area contributed by atoms with E-state index >= 15 is 0 Å². The Morgan fingerprint density at radius 1 is 1.05 bits per heavy atom. The molecule has 0 aliphatic rings. The van der Waals surface area contributed by atoms with Crippen molar-refractivity contribution in [1.82, 2.24) is 4.57 Å². The molecular weight excluding hydrogens is 290 g/mol. The van der Waals surface area contributed by atoms with Crippen molar-refractivity contribution in [3.8, 4) is 11.3 Å². The molecule has 0 unspecified atom stereocenters. The van der Waals surface area contributed by atoms with E-state index in [1.54, 1.807) is 12.3 Å². The second kappa shape index (κ2) is 6.41. The van der Waals surface area contributed by atoms with Gasteiger partial charge in [-0.05, 0) is 41.3 Å². The minimum Gasteiger partial charge on any atom is -0.317 e. The van der Waals surface area contributed by atoms with Crippen molar-refractivity contribution < 1.29 is 4.79 Å². The Balaban J connectivity index is 1.91. The Labute approximate surface area is 133 Å². The summed E-state index contributed by atoms with van der Waals surface area (Å²) in [4.78, 5) is 12.8. The molecule has 108 valence electrons. The Bertz CT molecular complexity index is 811. The van der Waals surface area contributed by atoms with Gasteiger partial charge < -0.3 is 4.57 Å². The minimum atomic E-state index is 0.0214. The molecule has 0 radical (unpaired) electrons. The van der Waals surface area contributed by atoms with Crippen molar-refractivity contribution in [2.24, 2.45) is 0 Å². The average Bonchev–Trinajstić information content (AvgIpc) is 3.22. The van der Waals surface area contributed by atoms with Crippen LogP contribution in [-0.2, 0) is 0 Å². The molecule has 3 aromatic rings. The zero-order chi connectivity index (χ0) is 15.4. The number of thiophene rings is 1. The van der Waals surface area contributed by atoms with Gasteiger partial charge in [0.15, 0.2) is 5.78 Å². The third kappa shape index (κ3) is 2.85. The molecule has 0 aliphatic heterocycles. The highest BCUT2D eigenvalue weighted by atomic mass is 32.1. The van der Waals surface area contributed by atoms with Crippen LogP contribution in [0.2, 0.25) is 0 Å². The van der Waals surface area contributed by atoms with E-state index in [0.717, 1.165) is 21.8 Å². The molecule has 0 saturated heterocycles. The molecule has 0 bridgehead atoms. The van der Waals surface area contributed by atoms with E-state index in [0.29, 0.717) is 0 Å². The van der Waals surface area contributed by atoms with Crippen molar-refractivity contribution in [3.05, 3.63) is 83.2 Å². The van der Waals surface area contributed by atoms with Crippen LogP contribution in [-0.4, -0.2) is 10.4 Å². The van der Waals surface area contributed by atoms with Gasteiger partial charge >= 0.3 is 0 Å².